The van der Waals surface area contributed by atoms with E-state index in [9.17, 15) is 0 Å². The van der Waals surface area contributed by atoms with E-state index in [1.165, 1.54) is 0 Å². The van der Waals surface area contributed by atoms with Crippen LogP contribution in [-0.4, -0.2) is 9.78 Å². The summed E-state index contributed by atoms with van der Waals surface area (Å²) in [6, 6.07) is 7.59. The molecule has 78 valence electrons. The molecule has 4 heteroatoms. The fourth-order valence-electron chi connectivity index (χ4n) is 1.54. The van der Waals surface area contributed by atoms with Crippen molar-refractivity contribution in [2.24, 2.45) is 7.05 Å². The topological polar surface area (TPSA) is 17.8 Å². The van der Waals surface area contributed by atoms with Gasteiger partial charge in [0.1, 0.15) is 0 Å². The molecule has 0 saturated heterocycles. The Bertz CT molecular complexity index is 503. The number of halogens is 2. The summed E-state index contributed by atoms with van der Waals surface area (Å²) < 4.78 is 1.83. The largest absolute Gasteiger partial charge is 0.268 e. The highest BCUT2D eigenvalue weighted by Crippen LogP contribution is 2.28. The molecule has 0 unspecified atom stereocenters. The molecule has 15 heavy (non-hydrogen) atoms. The van der Waals surface area contributed by atoms with E-state index in [1.807, 2.05) is 36.9 Å². The first-order valence-corrected chi connectivity index (χ1v) is 5.29. The summed E-state index contributed by atoms with van der Waals surface area (Å²) in [7, 11) is 1.91. The summed E-state index contributed by atoms with van der Waals surface area (Å²) in [5.41, 5.74) is 3.04. The van der Waals surface area contributed by atoms with Crippen LogP contribution < -0.4 is 0 Å². The van der Waals surface area contributed by atoms with Gasteiger partial charge in [-0.05, 0) is 25.1 Å². The summed E-state index contributed by atoms with van der Waals surface area (Å²) in [5.74, 6) is 0. The Hall–Kier alpha value is -0.990. The number of hydrogen-bond donors (Lipinski definition) is 0. The maximum Gasteiger partial charge on any atom is 0.0682 e. The average Bonchev–Trinajstić information content (AvgIpc) is 2.50. The molecule has 0 atom stereocenters. The predicted molar refractivity (Wildman–Crippen MR) is 63.4 cm³/mol. The van der Waals surface area contributed by atoms with E-state index in [2.05, 4.69) is 5.10 Å². The van der Waals surface area contributed by atoms with Crippen LogP contribution >= 0.6 is 23.2 Å². The van der Waals surface area contributed by atoms with Crippen LogP contribution in [0.1, 0.15) is 5.69 Å². The van der Waals surface area contributed by atoms with Crippen LogP contribution in [-0.2, 0) is 7.05 Å². The third-order valence-electron chi connectivity index (χ3n) is 2.22. The molecule has 0 aliphatic heterocycles. The minimum Gasteiger partial charge on any atom is -0.268 e. The van der Waals surface area contributed by atoms with Gasteiger partial charge in [-0.25, -0.2) is 0 Å². The molecule has 2 rings (SSSR count). The third kappa shape index (κ3) is 2.01. The first-order chi connectivity index (χ1) is 7.08. The van der Waals surface area contributed by atoms with Crippen LogP contribution in [0.4, 0.5) is 0 Å². The van der Waals surface area contributed by atoms with E-state index < -0.39 is 0 Å². The van der Waals surface area contributed by atoms with Crippen LogP contribution in [0.2, 0.25) is 10.0 Å². The van der Waals surface area contributed by atoms with Gasteiger partial charge < -0.3 is 0 Å². The maximum atomic E-state index is 5.96. The second-order valence-corrected chi connectivity index (χ2v) is 4.24. The number of nitrogens with zero attached hydrogens (tertiary/aromatic N) is 2. The summed E-state index contributed by atoms with van der Waals surface area (Å²) in [4.78, 5) is 0. The molecule has 0 amide bonds. The van der Waals surface area contributed by atoms with E-state index in [0.717, 1.165) is 17.0 Å². The lowest BCUT2D eigenvalue weighted by Gasteiger charge is -2.03. The molecular weight excluding hydrogens is 231 g/mol. The molecule has 2 aromatic rings. The van der Waals surface area contributed by atoms with Crippen LogP contribution in [0.15, 0.2) is 24.3 Å². The first kappa shape index (κ1) is 10.5. The number of aryl methyl sites for hydroxylation is 2. The number of rotatable bonds is 1. The average molecular weight is 241 g/mol. The second kappa shape index (κ2) is 3.87. The molecule has 0 spiro atoms. The zero-order valence-corrected chi connectivity index (χ0v) is 9.97. The van der Waals surface area contributed by atoms with Gasteiger partial charge in [-0.15, -0.1) is 0 Å². The zero-order chi connectivity index (χ0) is 11.0. The highest BCUT2D eigenvalue weighted by molar-refractivity contribution is 6.42. The van der Waals surface area contributed by atoms with Crippen molar-refractivity contribution in [3.63, 3.8) is 0 Å². The molecule has 0 fully saturated rings. The summed E-state index contributed by atoms with van der Waals surface area (Å²) >= 11 is 11.8. The van der Waals surface area contributed by atoms with Crippen molar-refractivity contribution in [1.82, 2.24) is 9.78 Å². The van der Waals surface area contributed by atoms with E-state index in [-0.39, 0.29) is 0 Å². The quantitative estimate of drug-likeness (QED) is 0.744. The lowest BCUT2D eigenvalue weighted by molar-refractivity contribution is 0.764. The van der Waals surface area contributed by atoms with Gasteiger partial charge >= 0.3 is 0 Å². The molecule has 0 N–H and O–H groups in total. The monoisotopic (exact) mass is 240 g/mol. The summed E-state index contributed by atoms with van der Waals surface area (Å²) in [6.07, 6.45) is 0. The van der Waals surface area contributed by atoms with Crippen molar-refractivity contribution < 1.29 is 0 Å². The second-order valence-electron chi connectivity index (χ2n) is 3.42. The summed E-state index contributed by atoms with van der Waals surface area (Å²) in [6.45, 7) is 1.96. The molecule has 2 nitrogen and oxygen atoms in total. The minimum absolute atomic E-state index is 0.563. The van der Waals surface area contributed by atoms with Gasteiger partial charge in [0, 0.05) is 12.6 Å². The Balaban J connectivity index is 2.54. The van der Waals surface area contributed by atoms with Crippen LogP contribution in [0.25, 0.3) is 11.3 Å². The van der Waals surface area contributed by atoms with Crippen molar-refractivity contribution >= 4 is 23.2 Å². The van der Waals surface area contributed by atoms with Gasteiger partial charge in [-0.1, -0.05) is 29.3 Å². The number of hydrogen-bond acceptors (Lipinski definition) is 1. The third-order valence-corrected chi connectivity index (χ3v) is 2.96. The van der Waals surface area contributed by atoms with Crippen LogP contribution in [0.3, 0.4) is 0 Å². The Kier molecular flexibility index (Phi) is 2.72. The normalized spacial score (nSPS) is 10.7. The molecule has 0 bridgehead atoms. The van der Waals surface area contributed by atoms with Gasteiger partial charge in [0.15, 0.2) is 0 Å². The Labute approximate surface area is 98.4 Å². The van der Waals surface area contributed by atoms with Crippen molar-refractivity contribution in [3.8, 4) is 11.3 Å². The van der Waals surface area contributed by atoms with Crippen molar-refractivity contribution in [3.05, 3.63) is 40.0 Å². The summed E-state index contributed by atoms with van der Waals surface area (Å²) in [5, 5.41) is 5.41. The minimum atomic E-state index is 0.563. The van der Waals surface area contributed by atoms with Gasteiger partial charge in [-0.3, -0.25) is 4.68 Å². The Morgan fingerprint density at radius 3 is 2.40 bits per heavy atom. The standard InChI is InChI=1S/C11H10Cl2N2/c1-7-5-11(15(2)14-7)8-3-4-9(12)10(13)6-8/h3-6H,1-2H3. The highest BCUT2D eigenvalue weighted by Gasteiger charge is 2.06. The molecule has 1 heterocycles. The fraction of sp³-hybridized carbons (Fsp3) is 0.182. The van der Waals surface area contributed by atoms with E-state index in [0.29, 0.717) is 10.0 Å². The lowest BCUT2D eigenvalue weighted by atomic mass is 10.1. The van der Waals surface area contributed by atoms with Crippen molar-refractivity contribution in [1.29, 1.82) is 0 Å². The SMILES string of the molecule is Cc1cc(-c2ccc(Cl)c(Cl)c2)n(C)n1. The van der Waals surface area contributed by atoms with E-state index in [4.69, 9.17) is 23.2 Å². The van der Waals surface area contributed by atoms with Gasteiger partial charge in [0.05, 0.1) is 21.4 Å². The van der Waals surface area contributed by atoms with Gasteiger partial charge in [-0.2, -0.15) is 5.10 Å². The molecule has 1 aromatic heterocycles. The molecule has 0 aliphatic carbocycles. The van der Waals surface area contributed by atoms with E-state index >= 15 is 0 Å². The number of benzene rings is 1. The molecule has 0 saturated carbocycles. The van der Waals surface area contributed by atoms with Crippen LogP contribution in [0, 0.1) is 6.92 Å². The highest BCUT2D eigenvalue weighted by atomic mass is 35.5. The Morgan fingerprint density at radius 1 is 1.13 bits per heavy atom. The number of aromatic nitrogens is 2. The Morgan fingerprint density at radius 2 is 1.87 bits per heavy atom. The van der Waals surface area contributed by atoms with Gasteiger partial charge in [0.25, 0.3) is 0 Å². The smallest absolute Gasteiger partial charge is 0.0682 e. The maximum absolute atomic E-state index is 5.96. The van der Waals surface area contributed by atoms with E-state index in [1.54, 1.807) is 6.07 Å². The molecule has 1 aromatic carbocycles. The molecular formula is C11H10Cl2N2. The lowest BCUT2D eigenvalue weighted by Crippen LogP contribution is -1.93. The molecule has 0 radical (unpaired) electrons. The zero-order valence-electron chi connectivity index (χ0n) is 8.46. The predicted octanol–water partition coefficient (Wildman–Crippen LogP) is 3.70. The van der Waals surface area contributed by atoms with Crippen LogP contribution in [0.5, 0.6) is 0 Å². The fourth-order valence-corrected chi connectivity index (χ4v) is 1.83. The van der Waals surface area contributed by atoms with Crippen molar-refractivity contribution in [2.45, 2.75) is 6.92 Å². The van der Waals surface area contributed by atoms with Crippen molar-refractivity contribution in [2.75, 3.05) is 0 Å². The first-order valence-electron chi connectivity index (χ1n) is 4.54. The van der Waals surface area contributed by atoms with Gasteiger partial charge in [0.2, 0.25) is 0 Å². The molecule has 0 aliphatic rings.